The summed E-state index contributed by atoms with van der Waals surface area (Å²) in [6, 6.07) is 8.81. The van der Waals surface area contributed by atoms with Crippen molar-refractivity contribution in [1.82, 2.24) is 14.7 Å². The summed E-state index contributed by atoms with van der Waals surface area (Å²) in [5.74, 6) is -2.34. The molecule has 1 aromatic rings. The summed E-state index contributed by atoms with van der Waals surface area (Å²) in [4.78, 5) is 82.2. The molecule has 0 radical (unpaired) electrons. The fourth-order valence-electron chi connectivity index (χ4n) is 6.23. The Morgan fingerprint density at radius 2 is 0.778 bits per heavy atom. The fraction of sp³-hybridized carbons (Fsp3) is 0.545. The average molecular weight is 613 g/mol. The minimum atomic E-state index is -0.517. The van der Waals surface area contributed by atoms with Crippen LogP contribution in [0.5, 0.6) is 0 Å². The van der Waals surface area contributed by atoms with Gasteiger partial charge in [0.15, 0.2) is 17.3 Å². The molecule has 3 aliphatic heterocycles. The van der Waals surface area contributed by atoms with Crippen LogP contribution in [0.3, 0.4) is 0 Å². The molecule has 3 fully saturated rings. The molecule has 12 nitrogen and oxygen atoms in total. The third-order valence-corrected chi connectivity index (χ3v) is 8.76. The van der Waals surface area contributed by atoms with Crippen LogP contribution < -0.4 is 0 Å². The number of benzene rings is 1. The number of amides is 3. The molecule has 3 heterocycles. The molecular weight excluding hydrogens is 576 g/mol. The molecule has 1 aromatic carbocycles. The summed E-state index contributed by atoms with van der Waals surface area (Å²) < 4.78 is 0. The summed E-state index contributed by atoms with van der Waals surface area (Å²) in [5, 5.41) is 27.9. The third kappa shape index (κ3) is 7.99. The molecule has 234 valence electrons. The number of carbonyl (C=O) groups is 6. The second-order valence-corrected chi connectivity index (χ2v) is 11.7. The minimum absolute atomic E-state index is 0.0566. The van der Waals surface area contributed by atoms with E-state index in [-0.39, 0.29) is 72.9 Å². The van der Waals surface area contributed by atoms with E-state index in [9.17, 15) is 44.6 Å². The van der Waals surface area contributed by atoms with Crippen molar-refractivity contribution < 1.29 is 28.8 Å². The van der Waals surface area contributed by atoms with Crippen molar-refractivity contribution >= 4 is 35.1 Å². The maximum absolute atomic E-state index is 13.2. The summed E-state index contributed by atoms with van der Waals surface area (Å²) in [5.41, 5.74) is 0.170. The Hall–Kier alpha value is -4.89. The first kappa shape index (κ1) is 33.0. The van der Waals surface area contributed by atoms with Gasteiger partial charge >= 0.3 is 0 Å². The van der Waals surface area contributed by atoms with Gasteiger partial charge in [0.25, 0.3) is 0 Å². The van der Waals surface area contributed by atoms with Crippen molar-refractivity contribution in [3.8, 4) is 18.2 Å². The summed E-state index contributed by atoms with van der Waals surface area (Å²) in [7, 11) is 0. The van der Waals surface area contributed by atoms with Crippen molar-refractivity contribution in [3.05, 3.63) is 34.9 Å². The first-order valence-corrected chi connectivity index (χ1v) is 15.5. The lowest BCUT2D eigenvalue weighted by atomic mass is 9.94. The maximum Gasteiger partial charge on any atom is 0.224 e. The Balaban J connectivity index is 1.48. The Kier molecular flexibility index (Phi) is 11.2. The highest BCUT2D eigenvalue weighted by atomic mass is 16.2. The monoisotopic (exact) mass is 612 g/mol. The van der Waals surface area contributed by atoms with E-state index in [1.165, 1.54) is 32.9 Å². The molecule has 0 spiro atoms. The second kappa shape index (κ2) is 15.2. The molecule has 45 heavy (non-hydrogen) atoms. The number of Topliss-reactive ketones (excluding diaryl/α,β-unsaturated/α-hetero) is 3. The topological polar surface area (TPSA) is 184 Å². The van der Waals surface area contributed by atoms with E-state index in [4.69, 9.17) is 0 Å². The van der Waals surface area contributed by atoms with Gasteiger partial charge in [0.1, 0.15) is 18.1 Å². The van der Waals surface area contributed by atoms with Crippen LogP contribution in [-0.2, 0) is 14.4 Å². The molecule has 12 heteroatoms. The van der Waals surface area contributed by atoms with Crippen LogP contribution in [-0.4, -0.2) is 87.5 Å². The summed E-state index contributed by atoms with van der Waals surface area (Å²) >= 11 is 0. The van der Waals surface area contributed by atoms with Gasteiger partial charge in [-0.25, -0.2) is 0 Å². The standard InChI is InChI=1S/C33H36N6O6/c34-19-25-4-1-13-37(25)31(43)10-7-28(40)22-16-23(29(41)8-11-32(44)38-14-2-5-26(38)20-35)18-24(17-22)30(42)9-12-33(45)39-15-3-6-27(39)21-36/h16-18,25-27H,1-15H2/t25-,26-,27-/m1/s1. The average Bonchev–Trinajstić information content (AvgIpc) is 3.84. The van der Waals surface area contributed by atoms with E-state index < -0.39 is 35.5 Å². The number of rotatable bonds is 12. The van der Waals surface area contributed by atoms with Gasteiger partial charge in [0.2, 0.25) is 17.7 Å². The van der Waals surface area contributed by atoms with E-state index in [0.29, 0.717) is 58.2 Å². The van der Waals surface area contributed by atoms with Crippen molar-refractivity contribution in [2.45, 2.75) is 95.2 Å². The highest BCUT2D eigenvalue weighted by Gasteiger charge is 2.31. The van der Waals surface area contributed by atoms with Gasteiger partial charge < -0.3 is 14.7 Å². The minimum Gasteiger partial charge on any atom is -0.327 e. The largest absolute Gasteiger partial charge is 0.327 e. The van der Waals surface area contributed by atoms with Crippen LogP contribution in [0.25, 0.3) is 0 Å². The molecule has 0 saturated carbocycles. The highest BCUT2D eigenvalue weighted by molar-refractivity contribution is 6.07. The van der Waals surface area contributed by atoms with Gasteiger partial charge in [-0.15, -0.1) is 0 Å². The first-order valence-electron chi connectivity index (χ1n) is 15.5. The molecule has 4 rings (SSSR count). The lowest BCUT2D eigenvalue weighted by molar-refractivity contribution is -0.131. The molecule has 0 N–H and O–H groups in total. The van der Waals surface area contributed by atoms with Gasteiger partial charge in [-0.1, -0.05) is 0 Å². The zero-order chi connectivity index (χ0) is 32.5. The maximum atomic E-state index is 13.2. The van der Waals surface area contributed by atoms with E-state index in [2.05, 4.69) is 18.2 Å². The predicted octanol–water partition coefficient (Wildman–Crippen LogP) is 3.12. The zero-order valence-electron chi connectivity index (χ0n) is 25.2. The van der Waals surface area contributed by atoms with Crippen LogP contribution in [0.2, 0.25) is 0 Å². The number of hydrogen-bond donors (Lipinski definition) is 0. The smallest absolute Gasteiger partial charge is 0.224 e. The van der Waals surface area contributed by atoms with E-state index in [1.807, 2.05) is 0 Å². The van der Waals surface area contributed by atoms with Crippen LogP contribution in [0, 0.1) is 34.0 Å². The molecule has 0 unspecified atom stereocenters. The van der Waals surface area contributed by atoms with Crippen molar-refractivity contribution in [2.75, 3.05) is 19.6 Å². The van der Waals surface area contributed by atoms with E-state index >= 15 is 0 Å². The molecule has 0 aliphatic carbocycles. The van der Waals surface area contributed by atoms with Crippen LogP contribution >= 0.6 is 0 Å². The van der Waals surface area contributed by atoms with E-state index in [0.717, 1.165) is 0 Å². The molecule has 3 saturated heterocycles. The third-order valence-electron chi connectivity index (χ3n) is 8.76. The molecule has 3 atom stereocenters. The Morgan fingerprint density at radius 1 is 0.511 bits per heavy atom. The molecular formula is C33H36N6O6. The van der Waals surface area contributed by atoms with Gasteiger partial charge in [-0.3, -0.25) is 28.8 Å². The number of hydrogen-bond acceptors (Lipinski definition) is 9. The normalized spacial score (nSPS) is 20.7. The molecule has 0 aromatic heterocycles. The van der Waals surface area contributed by atoms with Crippen molar-refractivity contribution in [3.63, 3.8) is 0 Å². The number of nitriles is 3. The van der Waals surface area contributed by atoms with Gasteiger partial charge in [0, 0.05) is 74.8 Å². The van der Waals surface area contributed by atoms with Gasteiger partial charge in [-0.05, 0) is 56.7 Å². The highest BCUT2D eigenvalue weighted by Crippen LogP contribution is 2.23. The second-order valence-electron chi connectivity index (χ2n) is 11.7. The number of ketones is 3. The lowest BCUT2D eigenvalue weighted by Gasteiger charge is -2.19. The Morgan fingerprint density at radius 3 is 1.02 bits per heavy atom. The molecule has 3 aliphatic rings. The van der Waals surface area contributed by atoms with Crippen LogP contribution in [0.4, 0.5) is 0 Å². The van der Waals surface area contributed by atoms with Crippen molar-refractivity contribution in [1.29, 1.82) is 15.8 Å². The molecule has 0 bridgehead atoms. The van der Waals surface area contributed by atoms with Gasteiger partial charge in [0.05, 0.1) is 18.2 Å². The first-order chi connectivity index (χ1) is 21.7. The fourth-order valence-corrected chi connectivity index (χ4v) is 6.23. The van der Waals surface area contributed by atoms with E-state index in [1.54, 1.807) is 0 Å². The van der Waals surface area contributed by atoms with Crippen LogP contribution in [0.1, 0.15) is 108 Å². The quantitative estimate of drug-likeness (QED) is 0.320. The van der Waals surface area contributed by atoms with Gasteiger partial charge in [-0.2, -0.15) is 15.8 Å². The number of nitrogens with zero attached hydrogens (tertiary/aromatic N) is 6. The predicted molar refractivity (Wildman–Crippen MR) is 158 cm³/mol. The number of carbonyl (C=O) groups excluding carboxylic acids is 6. The zero-order valence-corrected chi connectivity index (χ0v) is 25.2. The van der Waals surface area contributed by atoms with Crippen LogP contribution in [0.15, 0.2) is 18.2 Å². The molecule has 3 amide bonds. The summed E-state index contributed by atoms with van der Waals surface area (Å²) in [6.45, 7) is 1.35. The SMILES string of the molecule is N#C[C@H]1CCCN1C(=O)CCC(=O)c1cc(C(=O)CCC(=O)N2CCC[C@@H]2C#N)cc(C(=O)CCC(=O)N2CCC[C@@H]2C#N)c1. The lowest BCUT2D eigenvalue weighted by Crippen LogP contribution is -2.34. The Labute approximate surface area is 262 Å². The van der Waals surface area contributed by atoms with Crippen molar-refractivity contribution in [2.24, 2.45) is 0 Å². The summed E-state index contributed by atoms with van der Waals surface area (Å²) in [6.07, 6.45) is 2.92. The number of likely N-dealkylation sites (tertiary alicyclic amines) is 3. The Bertz CT molecular complexity index is 1310.